The van der Waals surface area contributed by atoms with E-state index >= 15 is 0 Å². The number of hydrogen-bond donors (Lipinski definition) is 1. The van der Waals surface area contributed by atoms with Crippen LogP contribution in [0.2, 0.25) is 0 Å². The third-order valence-electron chi connectivity index (χ3n) is 3.59. The van der Waals surface area contributed by atoms with Gasteiger partial charge in [0.25, 0.3) is 5.56 Å². The molecule has 0 fully saturated rings. The maximum Gasteiger partial charge on any atom is 0.341 e. The van der Waals surface area contributed by atoms with Crippen molar-refractivity contribution in [3.05, 3.63) is 70.5 Å². The zero-order valence-electron chi connectivity index (χ0n) is 12.7. The molecule has 0 saturated heterocycles. The molecule has 4 nitrogen and oxygen atoms in total. The molecule has 1 aromatic carbocycles. The Labute approximate surface area is 129 Å². The summed E-state index contributed by atoms with van der Waals surface area (Å²) in [5.41, 5.74) is 2.02. The lowest BCUT2D eigenvalue weighted by Crippen LogP contribution is -2.27. The molecule has 22 heavy (non-hydrogen) atoms. The van der Waals surface area contributed by atoms with Crippen LogP contribution < -0.4 is 5.56 Å². The Morgan fingerprint density at radius 3 is 2.36 bits per heavy atom. The number of aromatic carboxylic acids is 1. The maximum atomic E-state index is 12.3. The molecule has 2 aromatic rings. The zero-order chi connectivity index (χ0) is 16.3. The van der Waals surface area contributed by atoms with E-state index in [-0.39, 0.29) is 12.1 Å². The second-order valence-electron chi connectivity index (χ2n) is 5.42. The van der Waals surface area contributed by atoms with Gasteiger partial charge >= 0.3 is 5.97 Å². The van der Waals surface area contributed by atoms with Gasteiger partial charge in [0.1, 0.15) is 5.56 Å². The zero-order valence-corrected chi connectivity index (χ0v) is 12.7. The van der Waals surface area contributed by atoms with Gasteiger partial charge in [-0.05, 0) is 29.2 Å². The summed E-state index contributed by atoms with van der Waals surface area (Å²) in [6.07, 6.45) is 1.58. The first-order valence-corrected chi connectivity index (χ1v) is 7.14. The third-order valence-corrected chi connectivity index (χ3v) is 3.59. The van der Waals surface area contributed by atoms with Gasteiger partial charge in [-0.1, -0.05) is 44.2 Å². The predicted octanol–water partition coefficient (Wildman–Crippen LogP) is 3.52. The van der Waals surface area contributed by atoms with Gasteiger partial charge in [-0.3, -0.25) is 4.79 Å². The highest BCUT2D eigenvalue weighted by Gasteiger charge is 2.14. The molecule has 1 aromatic heterocycles. The molecule has 0 unspecified atom stereocenters. The quantitative estimate of drug-likeness (QED) is 0.859. The number of carbonyl (C=O) groups is 1. The Kier molecular flexibility index (Phi) is 4.61. The molecule has 0 spiro atoms. The second kappa shape index (κ2) is 6.43. The van der Waals surface area contributed by atoms with E-state index in [0.29, 0.717) is 11.6 Å². The van der Waals surface area contributed by atoms with Gasteiger partial charge in [0, 0.05) is 6.54 Å². The van der Waals surface area contributed by atoms with Gasteiger partial charge in [0.2, 0.25) is 0 Å². The van der Waals surface area contributed by atoms with Crippen LogP contribution in [0.5, 0.6) is 0 Å². The molecule has 0 atom stereocenters. The molecule has 0 bridgehead atoms. The first kappa shape index (κ1) is 15.8. The lowest BCUT2D eigenvalue weighted by molar-refractivity contribution is 0.0694. The van der Waals surface area contributed by atoms with Crippen molar-refractivity contribution in [3.63, 3.8) is 0 Å². The summed E-state index contributed by atoms with van der Waals surface area (Å²) in [5.74, 6) is -0.789. The highest BCUT2D eigenvalue weighted by atomic mass is 16.4. The second-order valence-corrected chi connectivity index (χ2v) is 5.42. The van der Waals surface area contributed by atoms with E-state index in [0.717, 1.165) is 5.56 Å². The average molecular weight is 297 g/mol. The van der Waals surface area contributed by atoms with Gasteiger partial charge in [-0.15, -0.1) is 6.58 Å². The number of carboxylic acids is 1. The first-order chi connectivity index (χ1) is 10.5. The Bertz CT molecular complexity index is 755. The molecular formula is C18H19NO3. The summed E-state index contributed by atoms with van der Waals surface area (Å²) in [4.78, 5) is 23.4. The molecule has 0 amide bonds. The molecule has 2 rings (SSSR count). The van der Waals surface area contributed by atoms with Crippen LogP contribution in [0.25, 0.3) is 11.3 Å². The van der Waals surface area contributed by atoms with Crippen LogP contribution in [0.1, 0.15) is 35.7 Å². The SMILES string of the molecule is C=CCn1c(-c2ccc(C(C)C)cc2)ccc(C(=O)O)c1=O. The fourth-order valence-electron chi connectivity index (χ4n) is 2.34. The molecule has 0 aliphatic carbocycles. The number of aromatic nitrogens is 1. The molecular weight excluding hydrogens is 278 g/mol. The fourth-order valence-corrected chi connectivity index (χ4v) is 2.34. The van der Waals surface area contributed by atoms with E-state index in [1.54, 1.807) is 12.1 Å². The minimum Gasteiger partial charge on any atom is -0.477 e. The Morgan fingerprint density at radius 2 is 1.86 bits per heavy atom. The number of pyridine rings is 1. The van der Waals surface area contributed by atoms with Gasteiger partial charge in [0.05, 0.1) is 5.69 Å². The molecule has 4 heteroatoms. The predicted molar refractivity (Wildman–Crippen MR) is 87.4 cm³/mol. The summed E-state index contributed by atoms with van der Waals surface area (Å²) in [6.45, 7) is 8.13. The topological polar surface area (TPSA) is 59.3 Å². The van der Waals surface area contributed by atoms with Crippen molar-refractivity contribution in [1.82, 2.24) is 4.57 Å². The molecule has 1 N–H and O–H groups in total. The van der Waals surface area contributed by atoms with Crippen LogP contribution >= 0.6 is 0 Å². The maximum absolute atomic E-state index is 12.3. The lowest BCUT2D eigenvalue weighted by atomic mass is 10.0. The van der Waals surface area contributed by atoms with Gasteiger partial charge in [0.15, 0.2) is 0 Å². The molecule has 1 heterocycles. The molecule has 114 valence electrons. The number of allylic oxidation sites excluding steroid dienone is 1. The van der Waals surface area contributed by atoms with E-state index in [1.807, 2.05) is 24.3 Å². The Hall–Kier alpha value is -2.62. The highest BCUT2D eigenvalue weighted by Crippen LogP contribution is 2.22. The minimum absolute atomic E-state index is 0.232. The van der Waals surface area contributed by atoms with Crippen LogP contribution in [-0.2, 0) is 6.54 Å². The molecule has 0 radical (unpaired) electrons. The van der Waals surface area contributed by atoms with Crippen molar-refractivity contribution >= 4 is 5.97 Å². The van der Waals surface area contributed by atoms with Crippen LogP contribution in [0, 0.1) is 0 Å². The van der Waals surface area contributed by atoms with Gasteiger partial charge in [-0.2, -0.15) is 0 Å². The smallest absolute Gasteiger partial charge is 0.341 e. The van der Waals surface area contributed by atoms with Crippen LogP contribution in [0.3, 0.4) is 0 Å². The van der Waals surface area contributed by atoms with E-state index in [9.17, 15) is 9.59 Å². The Morgan fingerprint density at radius 1 is 1.23 bits per heavy atom. The number of carboxylic acid groups (broad SMARTS) is 1. The van der Waals surface area contributed by atoms with Crippen molar-refractivity contribution < 1.29 is 9.90 Å². The summed E-state index contributed by atoms with van der Waals surface area (Å²) >= 11 is 0. The van der Waals surface area contributed by atoms with Crippen LogP contribution in [-0.4, -0.2) is 15.6 Å². The van der Waals surface area contributed by atoms with Gasteiger partial charge < -0.3 is 9.67 Å². The van der Waals surface area contributed by atoms with Crippen molar-refractivity contribution in [2.75, 3.05) is 0 Å². The third kappa shape index (κ3) is 3.01. The molecule has 0 aliphatic heterocycles. The molecule has 0 saturated carbocycles. The fraction of sp³-hybridized carbons (Fsp3) is 0.222. The van der Waals surface area contributed by atoms with Crippen molar-refractivity contribution in [1.29, 1.82) is 0 Å². The Balaban J connectivity index is 2.59. The van der Waals surface area contributed by atoms with Gasteiger partial charge in [-0.25, -0.2) is 4.79 Å². The van der Waals surface area contributed by atoms with E-state index in [4.69, 9.17) is 5.11 Å². The number of hydrogen-bond acceptors (Lipinski definition) is 2. The van der Waals surface area contributed by atoms with Crippen LogP contribution in [0.15, 0.2) is 53.8 Å². The van der Waals surface area contributed by atoms with Crippen molar-refractivity contribution in [2.45, 2.75) is 26.3 Å². The average Bonchev–Trinajstić information content (AvgIpc) is 2.49. The summed E-state index contributed by atoms with van der Waals surface area (Å²) in [5, 5.41) is 9.08. The molecule has 0 aliphatic rings. The number of benzene rings is 1. The van der Waals surface area contributed by atoms with Crippen molar-refractivity contribution in [3.8, 4) is 11.3 Å². The standard InChI is InChI=1S/C18H19NO3/c1-4-11-19-16(10-9-15(17(19)20)18(21)22)14-7-5-13(6-8-14)12(2)3/h4-10,12H,1,11H2,2-3H3,(H,21,22). The van der Waals surface area contributed by atoms with E-state index in [2.05, 4.69) is 20.4 Å². The number of rotatable bonds is 5. The minimum atomic E-state index is -1.22. The van der Waals surface area contributed by atoms with Crippen molar-refractivity contribution in [2.24, 2.45) is 0 Å². The monoisotopic (exact) mass is 297 g/mol. The first-order valence-electron chi connectivity index (χ1n) is 7.14. The summed E-state index contributed by atoms with van der Waals surface area (Å²) in [6, 6.07) is 11.0. The lowest BCUT2D eigenvalue weighted by Gasteiger charge is -2.13. The number of nitrogens with zero attached hydrogens (tertiary/aromatic N) is 1. The van der Waals surface area contributed by atoms with E-state index < -0.39 is 11.5 Å². The summed E-state index contributed by atoms with van der Waals surface area (Å²) < 4.78 is 1.43. The largest absolute Gasteiger partial charge is 0.477 e. The highest BCUT2D eigenvalue weighted by molar-refractivity contribution is 5.87. The normalized spacial score (nSPS) is 10.7. The van der Waals surface area contributed by atoms with Crippen LogP contribution in [0.4, 0.5) is 0 Å². The summed E-state index contributed by atoms with van der Waals surface area (Å²) in [7, 11) is 0. The van der Waals surface area contributed by atoms with E-state index in [1.165, 1.54) is 16.2 Å².